The summed E-state index contributed by atoms with van der Waals surface area (Å²) in [5, 5.41) is 3.81. The molecule has 0 radical (unpaired) electrons. The number of ketones is 1. The van der Waals surface area contributed by atoms with Crippen molar-refractivity contribution >= 4 is 39.8 Å². The molecule has 1 atom stereocenters. The van der Waals surface area contributed by atoms with Gasteiger partial charge in [0.15, 0.2) is 10.9 Å². The molecule has 1 heterocycles. The Kier molecular flexibility index (Phi) is 4.57. The maximum atomic E-state index is 12.5. The smallest absolute Gasteiger partial charge is 0.257 e. The Hall–Kier alpha value is -2.50. The summed E-state index contributed by atoms with van der Waals surface area (Å²) in [6.45, 7) is 0. The third-order valence-corrected chi connectivity index (χ3v) is 5.73. The first-order valence-corrected chi connectivity index (χ1v) is 9.44. The number of amides is 1. The van der Waals surface area contributed by atoms with Crippen molar-refractivity contribution in [2.75, 3.05) is 5.32 Å². The highest BCUT2D eigenvalue weighted by atomic mass is 35.5. The van der Waals surface area contributed by atoms with Crippen LogP contribution < -0.4 is 5.32 Å². The van der Waals surface area contributed by atoms with Crippen molar-refractivity contribution in [3.63, 3.8) is 0 Å². The normalized spacial score (nSPS) is 16.2. The van der Waals surface area contributed by atoms with Gasteiger partial charge in [-0.3, -0.25) is 14.9 Å². The van der Waals surface area contributed by atoms with E-state index in [2.05, 4.69) is 10.3 Å². The minimum atomic E-state index is -0.264. The van der Waals surface area contributed by atoms with E-state index in [0.29, 0.717) is 33.4 Å². The average molecular weight is 383 g/mol. The van der Waals surface area contributed by atoms with Crippen molar-refractivity contribution in [3.8, 4) is 0 Å². The van der Waals surface area contributed by atoms with Gasteiger partial charge in [0.25, 0.3) is 5.91 Å². The monoisotopic (exact) mass is 382 g/mol. The fourth-order valence-corrected chi connectivity index (χ4v) is 4.18. The number of nitrogens with one attached hydrogen (secondary N) is 1. The molecule has 0 saturated heterocycles. The Labute approximate surface area is 159 Å². The van der Waals surface area contributed by atoms with E-state index in [4.69, 9.17) is 11.6 Å². The van der Waals surface area contributed by atoms with Crippen molar-refractivity contribution in [2.45, 2.75) is 18.8 Å². The van der Waals surface area contributed by atoms with Crippen LogP contribution in [0.5, 0.6) is 0 Å². The number of halogens is 1. The van der Waals surface area contributed by atoms with E-state index in [-0.39, 0.29) is 17.6 Å². The van der Waals surface area contributed by atoms with Crippen molar-refractivity contribution < 1.29 is 9.59 Å². The third-order valence-electron chi connectivity index (χ3n) is 4.42. The molecule has 1 N–H and O–H groups in total. The predicted octanol–water partition coefficient (Wildman–Crippen LogP) is 4.96. The summed E-state index contributed by atoms with van der Waals surface area (Å²) in [6, 6.07) is 16.6. The Morgan fingerprint density at radius 1 is 1.08 bits per heavy atom. The molecule has 0 aliphatic heterocycles. The van der Waals surface area contributed by atoms with E-state index in [9.17, 15) is 9.59 Å². The fourth-order valence-electron chi connectivity index (χ4n) is 3.11. The molecular formula is C20H15ClN2O2S. The van der Waals surface area contributed by atoms with Crippen LogP contribution in [0.3, 0.4) is 0 Å². The van der Waals surface area contributed by atoms with Gasteiger partial charge in [-0.25, -0.2) is 4.98 Å². The second-order valence-electron chi connectivity index (χ2n) is 6.19. The van der Waals surface area contributed by atoms with Gasteiger partial charge in [0.1, 0.15) is 0 Å². The molecule has 1 aliphatic rings. The van der Waals surface area contributed by atoms with Crippen LogP contribution in [0.4, 0.5) is 5.13 Å². The summed E-state index contributed by atoms with van der Waals surface area (Å²) in [5.74, 6) is -0.0393. The number of aromatic nitrogens is 1. The molecule has 0 bridgehead atoms. The SMILES string of the molecule is O=C(Nc1nc2c(s1)C(=O)C[C@H](c1ccccc1)C2)c1ccc(Cl)cc1. The first-order valence-electron chi connectivity index (χ1n) is 8.25. The van der Waals surface area contributed by atoms with E-state index < -0.39 is 0 Å². The average Bonchev–Trinajstić information content (AvgIpc) is 3.06. The number of hydrogen-bond donors (Lipinski definition) is 1. The maximum absolute atomic E-state index is 12.5. The van der Waals surface area contributed by atoms with Gasteiger partial charge in [-0.15, -0.1) is 0 Å². The zero-order valence-corrected chi connectivity index (χ0v) is 15.3. The Bertz CT molecular complexity index is 967. The minimum Gasteiger partial charge on any atom is -0.298 e. The second-order valence-corrected chi connectivity index (χ2v) is 7.63. The molecule has 0 saturated carbocycles. The van der Waals surface area contributed by atoms with Gasteiger partial charge in [-0.05, 0) is 42.2 Å². The molecule has 3 aromatic rings. The zero-order valence-electron chi connectivity index (χ0n) is 13.7. The van der Waals surface area contributed by atoms with E-state index >= 15 is 0 Å². The first-order chi connectivity index (χ1) is 12.6. The molecule has 1 aliphatic carbocycles. The van der Waals surface area contributed by atoms with E-state index in [1.807, 2.05) is 30.3 Å². The Morgan fingerprint density at radius 2 is 1.81 bits per heavy atom. The number of anilines is 1. The van der Waals surface area contributed by atoms with Crippen molar-refractivity contribution in [3.05, 3.63) is 81.3 Å². The van der Waals surface area contributed by atoms with Gasteiger partial charge in [0, 0.05) is 17.0 Å². The topological polar surface area (TPSA) is 59.1 Å². The standard InChI is InChI=1S/C20H15ClN2O2S/c21-15-8-6-13(7-9-15)19(25)23-20-22-16-10-14(11-17(24)18(16)26-20)12-4-2-1-3-5-12/h1-9,14H,10-11H2,(H,22,23,25)/t14-/m1/s1. The number of hydrogen-bond acceptors (Lipinski definition) is 4. The van der Waals surface area contributed by atoms with Crippen LogP contribution in [0.25, 0.3) is 0 Å². The number of nitrogens with zero attached hydrogens (tertiary/aromatic N) is 1. The maximum Gasteiger partial charge on any atom is 0.257 e. The van der Waals surface area contributed by atoms with Gasteiger partial charge in [0.05, 0.1) is 10.6 Å². The lowest BCUT2D eigenvalue weighted by Gasteiger charge is -2.20. The van der Waals surface area contributed by atoms with Gasteiger partial charge < -0.3 is 0 Å². The molecule has 26 heavy (non-hydrogen) atoms. The van der Waals surface area contributed by atoms with E-state index in [1.165, 1.54) is 11.3 Å². The molecule has 4 rings (SSSR count). The zero-order chi connectivity index (χ0) is 18.1. The summed E-state index contributed by atoms with van der Waals surface area (Å²) in [5.41, 5.74) is 2.41. The van der Waals surface area contributed by atoms with Crippen molar-refractivity contribution in [1.82, 2.24) is 4.98 Å². The van der Waals surface area contributed by atoms with Crippen LogP contribution in [0.15, 0.2) is 54.6 Å². The molecule has 1 amide bonds. The molecule has 0 fully saturated rings. The molecule has 130 valence electrons. The van der Waals surface area contributed by atoms with Gasteiger partial charge in [-0.2, -0.15) is 0 Å². The molecule has 0 unspecified atom stereocenters. The summed E-state index contributed by atoms with van der Waals surface area (Å²) >= 11 is 7.09. The lowest BCUT2D eigenvalue weighted by Crippen LogP contribution is -2.17. The highest BCUT2D eigenvalue weighted by Gasteiger charge is 2.30. The van der Waals surface area contributed by atoms with E-state index in [0.717, 1.165) is 11.3 Å². The van der Waals surface area contributed by atoms with Crippen LogP contribution in [-0.2, 0) is 6.42 Å². The Balaban J connectivity index is 1.54. The number of rotatable bonds is 3. The lowest BCUT2D eigenvalue weighted by molar-refractivity contribution is 0.0967. The summed E-state index contributed by atoms with van der Waals surface area (Å²) in [6.07, 6.45) is 1.18. The molecular weight excluding hydrogens is 368 g/mol. The number of benzene rings is 2. The first kappa shape index (κ1) is 16.9. The number of thiazole rings is 1. The van der Waals surface area contributed by atoms with E-state index in [1.54, 1.807) is 24.3 Å². The van der Waals surface area contributed by atoms with Crippen LogP contribution in [-0.4, -0.2) is 16.7 Å². The number of Topliss-reactive ketones (excluding diaryl/α,β-unsaturated/α-hetero) is 1. The number of fused-ring (bicyclic) bond motifs is 1. The number of carbonyl (C=O) groups excluding carboxylic acids is 2. The minimum absolute atomic E-state index is 0.0876. The molecule has 4 nitrogen and oxygen atoms in total. The largest absolute Gasteiger partial charge is 0.298 e. The third kappa shape index (κ3) is 3.41. The molecule has 1 aromatic heterocycles. The lowest BCUT2D eigenvalue weighted by atomic mass is 9.85. The summed E-state index contributed by atoms with van der Waals surface area (Å²) in [4.78, 5) is 30.0. The molecule has 6 heteroatoms. The van der Waals surface area contributed by atoms with Crippen LogP contribution in [0.1, 0.15) is 43.6 Å². The summed E-state index contributed by atoms with van der Waals surface area (Å²) < 4.78 is 0. The predicted molar refractivity (Wildman–Crippen MR) is 103 cm³/mol. The fraction of sp³-hybridized carbons (Fsp3) is 0.150. The quantitative estimate of drug-likeness (QED) is 0.696. The van der Waals surface area contributed by atoms with Gasteiger partial charge in [-0.1, -0.05) is 53.3 Å². The van der Waals surface area contributed by atoms with Gasteiger partial charge >= 0.3 is 0 Å². The van der Waals surface area contributed by atoms with Gasteiger partial charge in [0.2, 0.25) is 0 Å². The number of carbonyl (C=O) groups is 2. The molecule has 2 aromatic carbocycles. The summed E-state index contributed by atoms with van der Waals surface area (Å²) in [7, 11) is 0. The Morgan fingerprint density at radius 3 is 2.54 bits per heavy atom. The molecule has 0 spiro atoms. The van der Waals surface area contributed by atoms with Crippen LogP contribution >= 0.6 is 22.9 Å². The van der Waals surface area contributed by atoms with Crippen LogP contribution in [0, 0.1) is 0 Å². The van der Waals surface area contributed by atoms with Crippen molar-refractivity contribution in [2.24, 2.45) is 0 Å². The highest BCUT2D eigenvalue weighted by Crippen LogP contribution is 2.36. The van der Waals surface area contributed by atoms with Crippen molar-refractivity contribution in [1.29, 1.82) is 0 Å². The second kappa shape index (κ2) is 7.02. The highest BCUT2D eigenvalue weighted by molar-refractivity contribution is 7.17. The van der Waals surface area contributed by atoms with Crippen LogP contribution in [0.2, 0.25) is 5.02 Å².